The summed E-state index contributed by atoms with van der Waals surface area (Å²) in [7, 11) is 0. The summed E-state index contributed by atoms with van der Waals surface area (Å²) in [5.74, 6) is 0.465. The highest BCUT2D eigenvalue weighted by atomic mass is 35.5. The molecule has 0 aromatic carbocycles. The van der Waals surface area contributed by atoms with Crippen molar-refractivity contribution >= 4 is 36.5 Å². The molecule has 1 amide bonds. The van der Waals surface area contributed by atoms with Gasteiger partial charge in [-0.3, -0.25) is 4.79 Å². The summed E-state index contributed by atoms with van der Waals surface area (Å²) in [6.45, 7) is 0.360. The van der Waals surface area contributed by atoms with E-state index in [0.29, 0.717) is 18.8 Å². The Morgan fingerprint density at radius 3 is 2.64 bits per heavy atom. The summed E-state index contributed by atoms with van der Waals surface area (Å²) in [4.78, 5) is 14.9. The van der Waals surface area contributed by atoms with Crippen LogP contribution in [0, 0.1) is 0 Å². The Balaban J connectivity index is 0. The van der Waals surface area contributed by atoms with Gasteiger partial charge < -0.3 is 11.1 Å². The van der Waals surface area contributed by atoms with Gasteiger partial charge in [0.25, 0.3) is 0 Å². The Morgan fingerprint density at radius 2 is 2.14 bits per heavy atom. The van der Waals surface area contributed by atoms with E-state index in [0.717, 1.165) is 0 Å². The minimum atomic E-state index is -0.101. The third-order valence-corrected chi connectivity index (χ3v) is 1.30. The van der Waals surface area contributed by atoms with Crippen molar-refractivity contribution < 1.29 is 4.79 Å². The van der Waals surface area contributed by atoms with E-state index in [1.54, 1.807) is 18.3 Å². The number of pyridine rings is 1. The number of nitrogens with zero attached hydrogens (tertiary/aromatic N) is 1. The Kier molecular flexibility index (Phi) is 9.76. The summed E-state index contributed by atoms with van der Waals surface area (Å²) in [5.41, 5.74) is 5.20. The number of carbonyl (C=O) groups is 1. The highest BCUT2D eigenvalue weighted by Gasteiger charge is 1.99. The lowest BCUT2D eigenvalue weighted by atomic mass is 10.4. The van der Waals surface area contributed by atoms with Gasteiger partial charge in [-0.05, 0) is 12.1 Å². The van der Waals surface area contributed by atoms with Gasteiger partial charge in [-0.1, -0.05) is 6.07 Å². The lowest BCUT2D eigenvalue weighted by Gasteiger charge is -2.01. The van der Waals surface area contributed by atoms with Crippen molar-refractivity contribution in [1.82, 2.24) is 4.98 Å². The first-order valence-corrected chi connectivity index (χ1v) is 3.74. The number of amides is 1. The second kappa shape index (κ2) is 8.74. The van der Waals surface area contributed by atoms with Crippen LogP contribution in [-0.2, 0) is 4.79 Å². The second-order valence-electron chi connectivity index (χ2n) is 2.30. The van der Waals surface area contributed by atoms with E-state index in [4.69, 9.17) is 5.73 Å². The SMILES string of the molecule is Cl.Cl.NCCC(=O)Nc1ccccn1. The standard InChI is InChI=1S/C8H11N3O.2ClH/c9-5-4-8(12)11-7-3-1-2-6-10-7;;/h1-3,6H,4-5,9H2,(H,10,11,12);2*1H. The van der Waals surface area contributed by atoms with Crippen molar-refractivity contribution in [2.24, 2.45) is 5.73 Å². The highest BCUT2D eigenvalue weighted by Crippen LogP contribution is 1.99. The molecule has 0 aliphatic heterocycles. The second-order valence-corrected chi connectivity index (χ2v) is 2.30. The van der Waals surface area contributed by atoms with Crippen LogP contribution >= 0.6 is 24.8 Å². The number of hydrogen-bond donors (Lipinski definition) is 2. The molecule has 1 aromatic rings. The Hall–Kier alpha value is -0.840. The highest BCUT2D eigenvalue weighted by molar-refractivity contribution is 5.89. The van der Waals surface area contributed by atoms with Crippen molar-refractivity contribution in [1.29, 1.82) is 0 Å². The average Bonchev–Trinajstić information content (AvgIpc) is 2.06. The van der Waals surface area contributed by atoms with Gasteiger partial charge in [0.15, 0.2) is 0 Å². The van der Waals surface area contributed by atoms with Crippen LogP contribution in [0.1, 0.15) is 6.42 Å². The quantitative estimate of drug-likeness (QED) is 0.831. The maximum atomic E-state index is 11.0. The van der Waals surface area contributed by atoms with Crippen LogP contribution in [0.5, 0.6) is 0 Å². The van der Waals surface area contributed by atoms with E-state index in [-0.39, 0.29) is 30.7 Å². The minimum Gasteiger partial charge on any atom is -0.330 e. The molecule has 4 nitrogen and oxygen atoms in total. The molecule has 0 atom stereocenters. The topological polar surface area (TPSA) is 68.0 Å². The summed E-state index contributed by atoms with van der Waals surface area (Å²) in [6.07, 6.45) is 1.95. The lowest BCUT2D eigenvalue weighted by molar-refractivity contribution is -0.116. The summed E-state index contributed by atoms with van der Waals surface area (Å²) < 4.78 is 0. The van der Waals surface area contributed by atoms with Gasteiger partial charge in [0.2, 0.25) is 5.91 Å². The zero-order valence-electron chi connectivity index (χ0n) is 7.47. The van der Waals surface area contributed by atoms with E-state index in [1.807, 2.05) is 6.07 Å². The van der Waals surface area contributed by atoms with Crippen LogP contribution in [0.2, 0.25) is 0 Å². The van der Waals surface area contributed by atoms with Crippen LogP contribution in [0.4, 0.5) is 5.82 Å². The number of rotatable bonds is 3. The number of nitrogens with two attached hydrogens (primary N) is 1. The molecule has 0 fully saturated rings. The molecule has 6 heteroatoms. The Bertz CT molecular complexity index is 256. The third-order valence-electron chi connectivity index (χ3n) is 1.30. The molecule has 80 valence electrons. The van der Waals surface area contributed by atoms with Crippen molar-refractivity contribution in [3.63, 3.8) is 0 Å². The molecule has 0 saturated heterocycles. The van der Waals surface area contributed by atoms with E-state index in [1.165, 1.54) is 0 Å². The molecule has 3 N–H and O–H groups in total. The zero-order valence-corrected chi connectivity index (χ0v) is 9.11. The molecule has 1 rings (SSSR count). The van der Waals surface area contributed by atoms with Crippen LogP contribution in [0.15, 0.2) is 24.4 Å². The predicted octanol–water partition coefficient (Wildman–Crippen LogP) is 1.21. The van der Waals surface area contributed by atoms with Gasteiger partial charge >= 0.3 is 0 Å². The predicted molar refractivity (Wildman–Crippen MR) is 61.0 cm³/mol. The van der Waals surface area contributed by atoms with E-state index in [9.17, 15) is 4.79 Å². The van der Waals surface area contributed by atoms with Gasteiger partial charge in [0, 0.05) is 19.2 Å². The molecule has 0 bridgehead atoms. The summed E-state index contributed by atoms with van der Waals surface area (Å²) >= 11 is 0. The van der Waals surface area contributed by atoms with Gasteiger partial charge in [-0.25, -0.2) is 4.98 Å². The lowest BCUT2D eigenvalue weighted by Crippen LogP contribution is -2.16. The first-order chi connectivity index (χ1) is 5.83. The first kappa shape index (κ1) is 15.6. The molecule has 0 saturated carbocycles. The van der Waals surface area contributed by atoms with Crippen LogP contribution in [0.25, 0.3) is 0 Å². The number of nitrogens with one attached hydrogen (secondary N) is 1. The Labute approximate surface area is 95.1 Å². The van der Waals surface area contributed by atoms with Crippen LogP contribution < -0.4 is 11.1 Å². The number of aromatic nitrogens is 1. The molecule has 0 aliphatic rings. The Morgan fingerprint density at radius 1 is 1.43 bits per heavy atom. The van der Waals surface area contributed by atoms with Crippen molar-refractivity contribution in [2.45, 2.75) is 6.42 Å². The molecule has 0 radical (unpaired) electrons. The van der Waals surface area contributed by atoms with E-state index in [2.05, 4.69) is 10.3 Å². The smallest absolute Gasteiger partial charge is 0.226 e. The fourth-order valence-corrected chi connectivity index (χ4v) is 0.773. The number of anilines is 1. The minimum absolute atomic E-state index is 0. The van der Waals surface area contributed by atoms with Gasteiger partial charge in [0.1, 0.15) is 5.82 Å². The largest absolute Gasteiger partial charge is 0.330 e. The van der Waals surface area contributed by atoms with Crippen LogP contribution in [0.3, 0.4) is 0 Å². The molecular weight excluding hydrogens is 225 g/mol. The average molecular weight is 238 g/mol. The molecule has 0 aliphatic carbocycles. The molecule has 1 heterocycles. The maximum absolute atomic E-state index is 11.0. The molecule has 14 heavy (non-hydrogen) atoms. The number of carbonyl (C=O) groups excluding carboxylic acids is 1. The zero-order chi connectivity index (χ0) is 8.81. The van der Waals surface area contributed by atoms with Gasteiger partial charge in [0.05, 0.1) is 0 Å². The number of hydrogen-bond acceptors (Lipinski definition) is 3. The monoisotopic (exact) mass is 237 g/mol. The van der Waals surface area contributed by atoms with E-state index >= 15 is 0 Å². The summed E-state index contributed by atoms with van der Waals surface area (Å²) in [5, 5.41) is 2.61. The number of halogens is 2. The van der Waals surface area contributed by atoms with Crippen molar-refractivity contribution in [3.05, 3.63) is 24.4 Å². The molecular formula is C8H13Cl2N3O. The first-order valence-electron chi connectivity index (χ1n) is 3.74. The van der Waals surface area contributed by atoms with E-state index < -0.39 is 0 Å². The third kappa shape index (κ3) is 5.75. The summed E-state index contributed by atoms with van der Waals surface area (Å²) in [6, 6.07) is 5.33. The fraction of sp³-hybridized carbons (Fsp3) is 0.250. The molecule has 0 unspecified atom stereocenters. The van der Waals surface area contributed by atoms with Gasteiger partial charge in [-0.2, -0.15) is 0 Å². The normalized spacial score (nSPS) is 8.07. The van der Waals surface area contributed by atoms with Crippen molar-refractivity contribution in [3.8, 4) is 0 Å². The fourth-order valence-electron chi connectivity index (χ4n) is 0.773. The molecule has 0 spiro atoms. The van der Waals surface area contributed by atoms with Gasteiger partial charge in [-0.15, -0.1) is 24.8 Å². The molecule has 1 aromatic heterocycles. The maximum Gasteiger partial charge on any atom is 0.226 e. The van der Waals surface area contributed by atoms with Crippen molar-refractivity contribution in [2.75, 3.05) is 11.9 Å². The van der Waals surface area contributed by atoms with Crippen LogP contribution in [-0.4, -0.2) is 17.4 Å².